The molecule has 3 N–H and O–H groups in total. The van der Waals surface area contributed by atoms with Crippen molar-refractivity contribution in [1.82, 2.24) is 5.32 Å². The third-order valence-corrected chi connectivity index (χ3v) is 1.36. The van der Waals surface area contributed by atoms with Gasteiger partial charge in [0.15, 0.2) is 0 Å². The zero-order valence-electron chi connectivity index (χ0n) is 7.42. The van der Waals surface area contributed by atoms with Crippen molar-refractivity contribution in [3.05, 3.63) is 0 Å². The van der Waals surface area contributed by atoms with E-state index in [-0.39, 0.29) is 50.8 Å². The first-order valence-corrected chi connectivity index (χ1v) is 3.79. The molecule has 0 aromatic carbocycles. The molecule has 0 rings (SSSR count). The van der Waals surface area contributed by atoms with Crippen molar-refractivity contribution in [1.29, 1.82) is 0 Å². The summed E-state index contributed by atoms with van der Waals surface area (Å²) in [6.45, 7) is 2.55. The molecule has 1 atom stereocenters. The first kappa shape index (κ1) is 15.1. The molecule has 12 heavy (non-hydrogen) atoms. The Morgan fingerprint density at radius 1 is 1.58 bits per heavy atom. The van der Waals surface area contributed by atoms with Crippen molar-refractivity contribution in [3.63, 3.8) is 0 Å². The molecule has 68 valence electrons. The molecule has 0 spiro atoms. The van der Waals surface area contributed by atoms with Crippen molar-refractivity contribution in [3.8, 4) is 0 Å². The van der Waals surface area contributed by atoms with Crippen LogP contribution in [-0.2, 0) is 4.79 Å². The van der Waals surface area contributed by atoms with Crippen LogP contribution in [-0.4, -0.2) is 73.1 Å². The molecule has 0 fully saturated rings. The van der Waals surface area contributed by atoms with E-state index in [2.05, 4.69) is 5.32 Å². The first-order valence-electron chi connectivity index (χ1n) is 3.79. The maximum absolute atomic E-state index is 10.4. The third-order valence-electron chi connectivity index (χ3n) is 1.36. The summed E-state index contributed by atoms with van der Waals surface area (Å²) in [5.41, 5.74) is 0. The van der Waals surface area contributed by atoms with Gasteiger partial charge in [0.1, 0.15) is 6.04 Å². The molecule has 0 heterocycles. The Morgan fingerprint density at radius 2 is 2.17 bits per heavy atom. The van der Waals surface area contributed by atoms with Gasteiger partial charge in [0.2, 0.25) is 0 Å². The average molecular weight is 201 g/mol. The zero-order chi connectivity index (χ0) is 8.69. The fraction of sp³-hybridized carbons (Fsp3) is 0.857. The Morgan fingerprint density at radius 3 is 2.50 bits per heavy atom. The number of aliphatic hydroxyl groups is 1. The third kappa shape index (κ3) is 7.31. The summed E-state index contributed by atoms with van der Waals surface area (Å²) in [5, 5.41) is 19.8. The number of nitrogens with one attached hydrogen (secondary N) is 1. The van der Waals surface area contributed by atoms with Crippen molar-refractivity contribution in [2.24, 2.45) is 0 Å². The summed E-state index contributed by atoms with van der Waals surface area (Å²) in [4.78, 5) is 10.4. The van der Waals surface area contributed by atoms with Crippen LogP contribution < -0.4 is 5.32 Å². The minimum Gasteiger partial charge on any atom is -0.480 e. The van der Waals surface area contributed by atoms with E-state index in [4.69, 9.17) is 10.2 Å². The number of hydrogen-bond acceptors (Lipinski definition) is 3. The average Bonchev–Trinajstić information content (AvgIpc) is 1.97. The molecule has 0 unspecified atom stereocenters. The largest absolute Gasteiger partial charge is 0.480 e. The van der Waals surface area contributed by atoms with Crippen LogP contribution in [0.3, 0.4) is 0 Å². The van der Waals surface area contributed by atoms with Gasteiger partial charge in [-0.05, 0) is 19.4 Å². The molecular formula is C7H15CaNO3. The molecule has 5 heteroatoms. The van der Waals surface area contributed by atoms with Crippen LogP contribution in [0.4, 0.5) is 0 Å². The Hall–Kier alpha value is 0.650. The molecule has 0 aromatic rings. The van der Waals surface area contributed by atoms with E-state index in [1.807, 2.05) is 6.92 Å². The topological polar surface area (TPSA) is 69.6 Å². The van der Waals surface area contributed by atoms with E-state index in [1.54, 1.807) is 0 Å². The molecule has 0 saturated heterocycles. The van der Waals surface area contributed by atoms with Crippen LogP contribution in [0.5, 0.6) is 0 Å². The van der Waals surface area contributed by atoms with Crippen LogP contribution >= 0.6 is 0 Å². The maximum atomic E-state index is 10.4. The number of hydrogen-bond donors (Lipinski definition) is 3. The fourth-order valence-corrected chi connectivity index (χ4v) is 0.761. The first-order chi connectivity index (χ1) is 5.22. The van der Waals surface area contributed by atoms with Gasteiger partial charge in [-0.25, -0.2) is 0 Å². The van der Waals surface area contributed by atoms with E-state index in [1.165, 1.54) is 0 Å². The second-order valence-corrected chi connectivity index (χ2v) is 2.36. The van der Waals surface area contributed by atoms with Crippen molar-refractivity contribution < 1.29 is 15.0 Å². The summed E-state index contributed by atoms with van der Waals surface area (Å²) in [7, 11) is 0. The molecular weight excluding hydrogens is 186 g/mol. The van der Waals surface area contributed by atoms with Gasteiger partial charge < -0.3 is 15.5 Å². The van der Waals surface area contributed by atoms with Crippen LogP contribution in [0.15, 0.2) is 0 Å². The molecule has 0 amide bonds. The van der Waals surface area contributed by atoms with Crippen molar-refractivity contribution in [2.75, 3.05) is 13.2 Å². The number of rotatable bonds is 6. The molecule has 0 aliphatic heterocycles. The van der Waals surface area contributed by atoms with Gasteiger partial charge in [-0.3, -0.25) is 4.79 Å². The van der Waals surface area contributed by atoms with E-state index in [9.17, 15) is 4.79 Å². The van der Waals surface area contributed by atoms with Gasteiger partial charge in [-0.2, -0.15) is 0 Å². The van der Waals surface area contributed by atoms with Crippen LogP contribution in [0, 0.1) is 0 Å². The van der Waals surface area contributed by atoms with Gasteiger partial charge in [-0.15, -0.1) is 0 Å². The van der Waals surface area contributed by atoms with E-state index in [0.29, 0.717) is 6.54 Å². The molecule has 0 saturated carbocycles. The molecule has 0 aliphatic rings. The Bertz CT molecular complexity index is 121. The normalized spacial score (nSPS) is 11.8. The predicted octanol–water partition coefficient (Wildman–Crippen LogP) is -0.559. The minimum absolute atomic E-state index is 0. The van der Waals surface area contributed by atoms with Crippen LogP contribution in [0.2, 0.25) is 0 Å². The molecule has 0 aromatic heterocycles. The standard InChI is InChI=1S/C7H15NO3.Ca/c1-2-4-8-6(3-5-9)7(10)11;/h6,8-9H,2-5H2,1H3,(H,10,11);/t6-;/m0./s1. The second kappa shape index (κ2) is 9.74. The number of aliphatic hydroxyl groups excluding tert-OH is 1. The zero-order valence-corrected chi connectivity index (χ0v) is 9.62. The molecule has 2 radical (unpaired) electrons. The summed E-state index contributed by atoms with van der Waals surface area (Å²) in [6, 6.07) is -0.597. The Balaban J connectivity index is 0. The van der Waals surface area contributed by atoms with Gasteiger partial charge in [0, 0.05) is 44.3 Å². The summed E-state index contributed by atoms with van der Waals surface area (Å²) in [5.74, 6) is -0.896. The fourth-order valence-electron chi connectivity index (χ4n) is 0.761. The SMILES string of the molecule is CCCN[C@@H](CCO)C(=O)O.[Ca]. The van der Waals surface area contributed by atoms with Crippen molar-refractivity contribution >= 4 is 43.7 Å². The summed E-state index contributed by atoms with van der Waals surface area (Å²) >= 11 is 0. The number of carbonyl (C=O) groups is 1. The smallest absolute Gasteiger partial charge is 0.320 e. The van der Waals surface area contributed by atoms with Gasteiger partial charge in [0.25, 0.3) is 0 Å². The quantitative estimate of drug-likeness (QED) is 0.504. The number of carboxylic acid groups (broad SMARTS) is 1. The van der Waals surface area contributed by atoms with Gasteiger partial charge in [0.05, 0.1) is 0 Å². The van der Waals surface area contributed by atoms with Gasteiger partial charge in [-0.1, -0.05) is 6.92 Å². The minimum atomic E-state index is -0.896. The molecule has 0 aliphatic carbocycles. The molecule has 0 bridgehead atoms. The monoisotopic (exact) mass is 201 g/mol. The van der Waals surface area contributed by atoms with Crippen molar-refractivity contribution in [2.45, 2.75) is 25.8 Å². The van der Waals surface area contributed by atoms with E-state index in [0.717, 1.165) is 6.42 Å². The van der Waals surface area contributed by atoms with E-state index < -0.39 is 12.0 Å². The Kier molecular flexibility index (Phi) is 12.3. The van der Waals surface area contributed by atoms with Crippen LogP contribution in [0.25, 0.3) is 0 Å². The Labute approximate surface area is 102 Å². The molecule has 4 nitrogen and oxygen atoms in total. The van der Waals surface area contributed by atoms with E-state index >= 15 is 0 Å². The maximum Gasteiger partial charge on any atom is 0.320 e. The van der Waals surface area contributed by atoms with Crippen LogP contribution in [0.1, 0.15) is 19.8 Å². The van der Waals surface area contributed by atoms with Gasteiger partial charge >= 0.3 is 5.97 Å². The summed E-state index contributed by atoms with van der Waals surface area (Å²) < 4.78 is 0. The summed E-state index contributed by atoms with van der Waals surface area (Å²) in [6.07, 6.45) is 1.17. The number of aliphatic carboxylic acids is 1. The second-order valence-electron chi connectivity index (χ2n) is 2.36. The predicted molar refractivity (Wildman–Crippen MR) is 47.2 cm³/mol. The number of carboxylic acids is 1.